The lowest BCUT2D eigenvalue weighted by Gasteiger charge is -2.32. The number of piperidine rings is 1. The molecule has 0 aliphatic carbocycles. The number of amides is 1. The Labute approximate surface area is 165 Å². The van der Waals surface area contributed by atoms with Gasteiger partial charge in [0.05, 0.1) is 4.90 Å². The van der Waals surface area contributed by atoms with Crippen LogP contribution >= 0.6 is 11.6 Å². The average Bonchev–Trinajstić information content (AvgIpc) is 2.63. The summed E-state index contributed by atoms with van der Waals surface area (Å²) in [5.74, 6) is -0.0756. The minimum atomic E-state index is -3.58. The molecular formula is C20H23ClN2O3S. The first-order valence-corrected chi connectivity index (χ1v) is 10.8. The topological polar surface area (TPSA) is 66.5 Å². The second-order valence-corrected chi connectivity index (χ2v) is 9.09. The van der Waals surface area contributed by atoms with Crippen LogP contribution in [0.5, 0.6) is 0 Å². The van der Waals surface area contributed by atoms with Crippen LogP contribution in [0.15, 0.2) is 47.4 Å². The number of hydrogen-bond acceptors (Lipinski definition) is 3. The van der Waals surface area contributed by atoms with Crippen molar-refractivity contribution in [2.45, 2.75) is 37.6 Å². The fourth-order valence-electron chi connectivity index (χ4n) is 3.28. The number of carbonyl (C=O) groups is 1. The van der Waals surface area contributed by atoms with Crippen molar-refractivity contribution in [2.24, 2.45) is 0 Å². The standard InChI is InChI=1S/C20H23ClN2O3S/c1-14-6-7-15(2)19(12-14)27(25,26)22-18-8-10-23(11-9-18)20(24)16-4-3-5-17(21)13-16/h3-7,12-13,18,22H,8-11H2,1-2H3. The van der Waals surface area contributed by atoms with Crippen molar-refractivity contribution in [3.63, 3.8) is 0 Å². The molecule has 1 N–H and O–H groups in total. The van der Waals surface area contributed by atoms with Gasteiger partial charge in [0.25, 0.3) is 5.91 Å². The fourth-order valence-corrected chi connectivity index (χ4v) is 5.11. The van der Waals surface area contributed by atoms with Crippen LogP contribution in [-0.4, -0.2) is 38.4 Å². The molecule has 2 aromatic carbocycles. The summed E-state index contributed by atoms with van der Waals surface area (Å²) in [7, 11) is -3.58. The number of rotatable bonds is 4. The number of sulfonamides is 1. The van der Waals surface area contributed by atoms with E-state index in [1.807, 2.05) is 19.1 Å². The molecule has 1 aliphatic heterocycles. The summed E-state index contributed by atoms with van der Waals surface area (Å²) in [6.07, 6.45) is 1.16. The van der Waals surface area contributed by atoms with E-state index in [0.29, 0.717) is 41.4 Å². The number of nitrogens with one attached hydrogen (secondary N) is 1. The summed E-state index contributed by atoms with van der Waals surface area (Å²) in [6, 6.07) is 12.1. The zero-order valence-corrected chi connectivity index (χ0v) is 17.0. The van der Waals surface area contributed by atoms with Gasteiger partial charge in [0.2, 0.25) is 10.0 Å². The molecule has 5 nitrogen and oxygen atoms in total. The second kappa shape index (κ2) is 8.00. The molecule has 27 heavy (non-hydrogen) atoms. The minimum absolute atomic E-state index is 0.0756. The number of benzene rings is 2. The largest absolute Gasteiger partial charge is 0.339 e. The highest BCUT2D eigenvalue weighted by molar-refractivity contribution is 7.89. The Balaban J connectivity index is 1.64. The monoisotopic (exact) mass is 406 g/mol. The lowest BCUT2D eigenvalue weighted by atomic mass is 10.0. The molecule has 1 fully saturated rings. The van der Waals surface area contributed by atoms with Crippen molar-refractivity contribution >= 4 is 27.5 Å². The molecule has 0 aromatic heterocycles. The third-order valence-corrected chi connectivity index (χ3v) is 6.71. The first-order chi connectivity index (χ1) is 12.8. The lowest BCUT2D eigenvalue weighted by Crippen LogP contribution is -2.46. The number of hydrogen-bond donors (Lipinski definition) is 1. The maximum Gasteiger partial charge on any atom is 0.253 e. The van der Waals surface area contributed by atoms with Gasteiger partial charge in [-0.15, -0.1) is 0 Å². The molecule has 1 amide bonds. The second-order valence-electron chi connectivity index (χ2n) is 6.97. The van der Waals surface area contributed by atoms with Crippen molar-refractivity contribution in [3.8, 4) is 0 Å². The zero-order chi connectivity index (χ0) is 19.6. The van der Waals surface area contributed by atoms with Crippen LogP contribution < -0.4 is 4.72 Å². The molecule has 0 atom stereocenters. The summed E-state index contributed by atoms with van der Waals surface area (Å²) in [6.45, 7) is 4.68. The Morgan fingerprint density at radius 3 is 2.48 bits per heavy atom. The van der Waals surface area contributed by atoms with Gasteiger partial charge < -0.3 is 4.90 Å². The van der Waals surface area contributed by atoms with Crippen molar-refractivity contribution in [2.75, 3.05) is 13.1 Å². The van der Waals surface area contributed by atoms with Crippen molar-refractivity contribution in [3.05, 3.63) is 64.2 Å². The molecule has 0 bridgehead atoms. The van der Waals surface area contributed by atoms with E-state index < -0.39 is 10.0 Å². The quantitative estimate of drug-likeness (QED) is 0.844. The summed E-state index contributed by atoms with van der Waals surface area (Å²) in [4.78, 5) is 14.6. The molecule has 2 aromatic rings. The van der Waals surface area contributed by atoms with E-state index in [1.165, 1.54) is 0 Å². The third-order valence-electron chi connectivity index (χ3n) is 4.81. The highest BCUT2D eigenvalue weighted by Crippen LogP contribution is 2.21. The minimum Gasteiger partial charge on any atom is -0.339 e. The van der Waals surface area contributed by atoms with Gasteiger partial charge in [0.15, 0.2) is 0 Å². The first kappa shape index (κ1) is 19.9. The maximum atomic E-state index is 12.7. The van der Waals surface area contributed by atoms with Gasteiger partial charge in [-0.2, -0.15) is 0 Å². The van der Waals surface area contributed by atoms with Crippen LogP contribution in [0.4, 0.5) is 0 Å². The number of nitrogens with zero attached hydrogens (tertiary/aromatic N) is 1. The number of carbonyl (C=O) groups excluding carboxylic acids is 1. The molecule has 0 radical (unpaired) electrons. The van der Waals surface area contributed by atoms with E-state index in [0.717, 1.165) is 11.1 Å². The van der Waals surface area contributed by atoms with Gasteiger partial charge >= 0.3 is 0 Å². The number of aryl methyl sites for hydroxylation is 2. The summed E-state index contributed by atoms with van der Waals surface area (Å²) < 4.78 is 28.3. The molecule has 7 heteroatoms. The predicted molar refractivity (Wildman–Crippen MR) is 107 cm³/mol. The van der Waals surface area contributed by atoms with Crippen molar-refractivity contribution in [1.82, 2.24) is 9.62 Å². The van der Waals surface area contributed by atoms with E-state index in [1.54, 1.807) is 42.2 Å². The van der Waals surface area contributed by atoms with Gasteiger partial charge in [-0.05, 0) is 62.1 Å². The summed E-state index contributed by atoms with van der Waals surface area (Å²) in [5, 5.41) is 0.525. The van der Waals surface area contributed by atoms with E-state index in [-0.39, 0.29) is 11.9 Å². The first-order valence-electron chi connectivity index (χ1n) is 8.91. The normalized spacial score (nSPS) is 15.7. The van der Waals surface area contributed by atoms with Crippen LogP contribution in [0.3, 0.4) is 0 Å². The van der Waals surface area contributed by atoms with Gasteiger partial charge in [-0.3, -0.25) is 4.79 Å². The molecule has 1 saturated heterocycles. The molecule has 144 valence electrons. The Hall–Kier alpha value is -1.89. The van der Waals surface area contributed by atoms with Crippen LogP contribution in [0, 0.1) is 13.8 Å². The Morgan fingerprint density at radius 2 is 1.81 bits per heavy atom. The number of halogens is 1. The summed E-state index contributed by atoms with van der Waals surface area (Å²) in [5.41, 5.74) is 2.18. The zero-order valence-electron chi connectivity index (χ0n) is 15.4. The van der Waals surface area contributed by atoms with E-state index in [4.69, 9.17) is 11.6 Å². The maximum absolute atomic E-state index is 12.7. The number of likely N-dealkylation sites (tertiary alicyclic amines) is 1. The van der Waals surface area contributed by atoms with Gasteiger partial charge in [0.1, 0.15) is 0 Å². The fraction of sp³-hybridized carbons (Fsp3) is 0.350. The van der Waals surface area contributed by atoms with Crippen LogP contribution in [0.25, 0.3) is 0 Å². The predicted octanol–water partition coefficient (Wildman–Crippen LogP) is 3.54. The molecule has 1 heterocycles. The van der Waals surface area contributed by atoms with Crippen LogP contribution in [0.1, 0.15) is 34.3 Å². The Kier molecular flexibility index (Phi) is 5.89. The Bertz CT molecular complexity index is 951. The van der Waals surface area contributed by atoms with E-state index in [9.17, 15) is 13.2 Å². The lowest BCUT2D eigenvalue weighted by molar-refractivity contribution is 0.0711. The molecule has 3 rings (SSSR count). The summed E-state index contributed by atoms with van der Waals surface area (Å²) >= 11 is 5.96. The molecule has 0 unspecified atom stereocenters. The van der Waals surface area contributed by atoms with Crippen molar-refractivity contribution in [1.29, 1.82) is 0 Å². The van der Waals surface area contributed by atoms with Crippen LogP contribution in [-0.2, 0) is 10.0 Å². The highest BCUT2D eigenvalue weighted by Gasteiger charge is 2.28. The average molecular weight is 407 g/mol. The highest BCUT2D eigenvalue weighted by atomic mass is 35.5. The molecular weight excluding hydrogens is 384 g/mol. The van der Waals surface area contributed by atoms with Gasteiger partial charge in [-0.25, -0.2) is 13.1 Å². The smallest absolute Gasteiger partial charge is 0.253 e. The van der Waals surface area contributed by atoms with Gasteiger partial charge in [-0.1, -0.05) is 29.8 Å². The van der Waals surface area contributed by atoms with Gasteiger partial charge in [0, 0.05) is 29.7 Å². The van der Waals surface area contributed by atoms with Crippen LogP contribution in [0.2, 0.25) is 5.02 Å². The molecule has 0 spiro atoms. The molecule has 1 aliphatic rings. The molecule has 0 saturated carbocycles. The SMILES string of the molecule is Cc1ccc(C)c(S(=O)(=O)NC2CCN(C(=O)c3cccc(Cl)c3)CC2)c1. The third kappa shape index (κ3) is 4.69. The Morgan fingerprint density at radius 1 is 1.11 bits per heavy atom. The van der Waals surface area contributed by atoms with E-state index in [2.05, 4.69) is 4.72 Å². The van der Waals surface area contributed by atoms with E-state index >= 15 is 0 Å². The van der Waals surface area contributed by atoms with Crippen molar-refractivity contribution < 1.29 is 13.2 Å².